The molecule has 6 heteroatoms. The molecule has 2 rings (SSSR count). The van der Waals surface area contributed by atoms with Crippen molar-refractivity contribution in [1.82, 2.24) is 4.98 Å². The maximum absolute atomic E-state index is 6.13. The Balaban J connectivity index is 2.37. The molecule has 0 aliphatic heterocycles. The van der Waals surface area contributed by atoms with Gasteiger partial charge in [-0.1, -0.05) is 11.6 Å². The highest BCUT2D eigenvalue weighted by atomic mass is 79.9. The van der Waals surface area contributed by atoms with Crippen molar-refractivity contribution in [3.05, 3.63) is 39.5 Å². The van der Waals surface area contributed by atoms with Crippen LogP contribution in [0.2, 0.25) is 5.02 Å². The Morgan fingerprint density at radius 3 is 2.45 bits per heavy atom. The van der Waals surface area contributed by atoms with Crippen LogP contribution in [0.3, 0.4) is 0 Å². The Hall–Kier alpha value is -1.46. The standard InChI is InChI=1S/C14H14BrClN2O2/c1-8-9(15)4-5-14(17-8)18-11-6-10(16)12(19-2)7-13(11)20-3/h4-7H,1-3H3,(H,17,18). The molecule has 0 unspecified atom stereocenters. The maximum atomic E-state index is 6.13. The Labute approximate surface area is 131 Å². The van der Waals surface area contributed by atoms with Gasteiger partial charge in [0.2, 0.25) is 0 Å². The lowest BCUT2D eigenvalue weighted by Gasteiger charge is -2.14. The van der Waals surface area contributed by atoms with Gasteiger partial charge in [-0.25, -0.2) is 4.98 Å². The van der Waals surface area contributed by atoms with Crippen molar-refractivity contribution in [2.75, 3.05) is 19.5 Å². The number of pyridine rings is 1. The van der Waals surface area contributed by atoms with E-state index in [1.165, 1.54) is 0 Å². The molecule has 0 amide bonds. The average molecular weight is 358 g/mol. The monoisotopic (exact) mass is 356 g/mol. The molecule has 4 nitrogen and oxygen atoms in total. The number of methoxy groups -OCH3 is 2. The van der Waals surface area contributed by atoms with Gasteiger partial charge in [0.1, 0.15) is 17.3 Å². The lowest BCUT2D eigenvalue weighted by molar-refractivity contribution is 0.396. The lowest BCUT2D eigenvalue weighted by atomic mass is 10.2. The van der Waals surface area contributed by atoms with Crippen LogP contribution in [0.4, 0.5) is 11.5 Å². The molecule has 0 saturated carbocycles. The van der Waals surface area contributed by atoms with Crippen LogP contribution in [-0.4, -0.2) is 19.2 Å². The molecular formula is C14H14BrClN2O2. The Bertz CT molecular complexity index is 635. The molecule has 0 spiro atoms. The van der Waals surface area contributed by atoms with Crippen molar-refractivity contribution >= 4 is 39.0 Å². The Morgan fingerprint density at radius 2 is 1.85 bits per heavy atom. The average Bonchev–Trinajstić information content (AvgIpc) is 2.43. The van der Waals surface area contributed by atoms with Crippen LogP contribution in [0.25, 0.3) is 0 Å². The van der Waals surface area contributed by atoms with Gasteiger partial charge in [-0.3, -0.25) is 0 Å². The van der Waals surface area contributed by atoms with Crippen molar-refractivity contribution in [3.63, 3.8) is 0 Å². The number of aryl methyl sites for hydroxylation is 1. The second-order valence-electron chi connectivity index (χ2n) is 4.08. The van der Waals surface area contributed by atoms with E-state index in [4.69, 9.17) is 21.1 Å². The summed E-state index contributed by atoms with van der Waals surface area (Å²) in [5.74, 6) is 1.91. The summed E-state index contributed by atoms with van der Waals surface area (Å²) in [6, 6.07) is 7.28. The van der Waals surface area contributed by atoms with Crippen LogP contribution in [0.1, 0.15) is 5.69 Å². The van der Waals surface area contributed by atoms with Gasteiger partial charge in [0.05, 0.1) is 30.6 Å². The molecule has 0 radical (unpaired) electrons. The van der Waals surface area contributed by atoms with Crippen molar-refractivity contribution in [2.45, 2.75) is 6.92 Å². The fourth-order valence-corrected chi connectivity index (χ4v) is 2.17. The quantitative estimate of drug-likeness (QED) is 0.870. The van der Waals surface area contributed by atoms with E-state index < -0.39 is 0 Å². The van der Waals surface area contributed by atoms with E-state index in [0.29, 0.717) is 22.3 Å². The zero-order valence-corrected chi connectivity index (χ0v) is 13.7. The fraction of sp³-hybridized carbons (Fsp3) is 0.214. The first-order valence-electron chi connectivity index (χ1n) is 5.87. The first-order chi connectivity index (χ1) is 9.55. The third-order valence-electron chi connectivity index (χ3n) is 2.76. The minimum absolute atomic E-state index is 0.504. The van der Waals surface area contributed by atoms with E-state index in [0.717, 1.165) is 15.9 Å². The van der Waals surface area contributed by atoms with E-state index in [9.17, 15) is 0 Å². The molecule has 1 aromatic carbocycles. The summed E-state index contributed by atoms with van der Waals surface area (Å²) < 4.78 is 11.5. The predicted molar refractivity (Wildman–Crippen MR) is 84.5 cm³/mol. The second-order valence-corrected chi connectivity index (χ2v) is 5.34. The molecule has 2 aromatic rings. The van der Waals surface area contributed by atoms with Crippen LogP contribution in [0, 0.1) is 6.92 Å². The first kappa shape index (κ1) is 14.9. The topological polar surface area (TPSA) is 43.4 Å². The van der Waals surface area contributed by atoms with Crippen LogP contribution >= 0.6 is 27.5 Å². The number of benzene rings is 1. The van der Waals surface area contributed by atoms with Gasteiger partial charge in [0.15, 0.2) is 0 Å². The fourth-order valence-electron chi connectivity index (χ4n) is 1.71. The normalized spacial score (nSPS) is 10.2. The summed E-state index contributed by atoms with van der Waals surface area (Å²) in [4.78, 5) is 4.43. The summed E-state index contributed by atoms with van der Waals surface area (Å²) in [7, 11) is 3.15. The Kier molecular flexibility index (Phi) is 4.73. The highest BCUT2D eigenvalue weighted by Gasteiger charge is 2.11. The van der Waals surface area contributed by atoms with E-state index in [-0.39, 0.29) is 0 Å². The molecular weight excluding hydrogens is 344 g/mol. The summed E-state index contributed by atoms with van der Waals surface area (Å²) in [6.45, 7) is 1.92. The third-order valence-corrected chi connectivity index (χ3v) is 3.89. The number of halogens is 2. The number of anilines is 2. The van der Waals surface area contributed by atoms with Gasteiger partial charge in [-0.2, -0.15) is 0 Å². The summed E-state index contributed by atoms with van der Waals surface area (Å²) in [5, 5.41) is 3.69. The number of hydrogen-bond donors (Lipinski definition) is 1. The van der Waals surface area contributed by atoms with E-state index in [2.05, 4.69) is 26.2 Å². The highest BCUT2D eigenvalue weighted by Crippen LogP contribution is 2.37. The van der Waals surface area contributed by atoms with Crippen molar-refractivity contribution in [1.29, 1.82) is 0 Å². The van der Waals surface area contributed by atoms with Gasteiger partial charge < -0.3 is 14.8 Å². The van der Waals surface area contributed by atoms with E-state index in [1.54, 1.807) is 26.4 Å². The van der Waals surface area contributed by atoms with Gasteiger partial charge >= 0.3 is 0 Å². The van der Waals surface area contributed by atoms with Gasteiger partial charge in [0, 0.05) is 10.5 Å². The van der Waals surface area contributed by atoms with Crippen molar-refractivity contribution < 1.29 is 9.47 Å². The number of aromatic nitrogens is 1. The molecule has 1 N–H and O–H groups in total. The minimum atomic E-state index is 0.504. The number of nitrogens with one attached hydrogen (secondary N) is 1. The summed E-state index contributed by atoms with van der Waals surface area (Å²) in [5.41, 5.74) is 1.63. The van der Waals surface area contributed by atoms with E-state index >= 15 is 0 Å². The van der Waals surface area contributed by atoms with E-state index in [1.807, 2.05) is 19.1 Å². The number of rotatable bonds is 4. The molecule has 1 aromatic heterocycles. The van der Waals surface area contributed by atoms with Gasteiger partial charge in [-0.05, 0) is 41.1 Å². The molecule has 106 valence electrons. The summed E-state index contributed by atoms with van der Waals surface area (Å²) >= 11 is 9.55. The smallest absolute Gasteiger partial charge is 0.146 e. The molecule has 0 fully saturated rings. The predicted octanol–water partition coefficient (Wildman–Crippen LogP) is 4.57. The van der Waals surface area contributed by atoms with Crippen molar-refractivity contribution in [2.24, 2.45) is 0 Å². The molecule has 0 aliphatic rings. The van der Waals surface area contributed by atoms with Crippen LogP contribution in [0.5, 0.6) is 11.5 Å². The van der Waals surface area contributed by atoms with Crippen LogP contribution in [0.15, 0.2) is 28.7 Å². The third kappa shape index (κ3) is 3.16. The number of hydrogen-bond acceptors (Lipinski definition) is 4. The molecule has 20 heavy (non-hydrogen) atoms. The largest absolute Gasteiger partial charge is 0.495 e. The first-order valence-corrected chi connectivity index (χ1v) is 7.04. The lowest BCUT2D eigenvalue weighted by Crippen LogP contribution is -1.99. The molecule has 0 aliphatic carbocycles. The number of ether oxygens (including phenoxy) is 2. The zero-order chi connectivity index (χ0) is 14.7. The van der Waals surface area contributed by atoms with Gasteiger partial charge in [-0.15, -0.1) is 0 Å². The number of nitrogens with zero attached hydrogens (tertiary/aromatic N) is 1. The zero-order valence-electron chi connectivity index (χ0n) is 11.3. The molecule has 1 heterocycles. The summed E-state index contributed by atoms with van der Waals surface area (Å²) in [6.07, 6.45) is 0. The van der Waals surface area contributed by atoms with Crippen molar-refractivity contribution in [3.8, 4) is 11.5 Å². The molecule has 0 atom stereocenters. The molecule has 0 saturated heterocycles. The molecule has 0 bridgehead atoms. The highest BCUT2D eigenvalue weighted by molar-refractivity contribution is 9.10. The maximum Gasteiger partial charge on any atom is 0.146 e. The SMILES string of the molecule is COc1cc(OC)c(Nc2ccc(Br)c(C)n2)cc1Cl. The van der Waals surface area contributed by atoms with Gasteiger partial charge in [0.25, 0.3) is 0 Å². The minimum Gasteiger partial charge on any atom is -0.495 e. The Morgan fingerprint density at radius 1 is 1.15 bits per heavy atom. The van der Waals surface area contributed by atoms with Crippen LogP contribution < -0.4 is 14.8 Å². The van der Waals surface area contributed by atoms with Crippen LogP contribution in [-0.2, 0) is 0 Å². The second kappa shape index (κ2) is 6.33.